The number of amides is 2. The van der Waals surface area contributed by atoms with Crippen LogP contribution in [0.15, 0.2) is 87.4 Å². The summed E-state index contributed by atoms with van der Waals surface area (Å²) < 4.78 is 7.03. The van der Waals surface area contributed by atoms with Gasteiger partial charge >= 0.3 is 0 Å². The monoisotopic (exact) mass is 599 g/mol. The van der Waals surface area contributed by atoms with Gasteiger partial charge in [0.15, 0.2) is 5.16 Å². The first-order chi connectivity index (χ1) is 21.0. The fourth-order valence-electron chi connectivity index (χ4n) is 6.13. The molecule has 1 N–H and O–H groups in total. The number of benzene rings is 2. The third kappa shape index (κ3) is 6.96. The van der Waals surface area contributed by atoms with Crippen LogP contribution in [-0.4, -0.2) is 58.2 Å². The summed E-state index contributed by atoms with van der Waals surface area (Å²) in [5.74, 6) is 1.25. The Morgan fingerprint density at radius 3 is 2.40 bits per heavy atom. The number of rotatable bonds is 9. The van der Waals surface area contributed by atoms with Crippen LogP contribution in [0.1, 0.15) is 31.4 Å². The van der Waals surface area contributed by atoms with Gasteiger partial charge in [-0.05, 0) is 68.0 Å². The average Bonchev–Trinajstić information content (AvgIpc) is 3.59. The van der Waals surface area contributed by atoms with Crippen LogP contribution in [0.3, 0.4) is 0 Å². The van der Waals surface area contributed by atoms with Crippen molar-refractivity contribution in [2.24, 2.45) is 11.8 Å². The number of thioether (sulfide) groups is 1. The molecule has 2 aromatic carbocycles. The van der Waals surface area contributed by atoms with Crippen molar-refractivity contribution in [3.8, 4) is 0 Å². The smallest absolute Gasteiger partial charge is 0.262 e. The molecule has 1 aliphatic carbocycles. The van der Waals surface area contributed by atoms with Crippen LogP contribution < -0.4 is 15.8 Å². The lowest BCUT2D eigenvalue weighted by molar-refractivity contribution is -0.137. The predicted octanol–water partition coefficient (Wildman–Crippen LogP) is 4.55. The lowest BCUT2D eigenvalue weighted by Gasteiger charge is -2.39. The van der Waals surface area contributed by atoms with Gasteiger partial charge in [-0.15, -0.1) is 0 Å². The Hall–Kier alpha value is -4.05. The van der Waals surface area contributed by atoms with Crippen molar-refractivity contribution >= 4 is 40.2 Å². The quantitative estimate of drug-likeness (QED) is 0.223. The molecule has 0 spiro atoms. The molecule has 1 saturated carbocycles. The first kappa shape index (κ1) is 29.0. The molecule has 3 heterocycles. The molecule has 0 unspecified atom stereocenters. The Morgan fingerprint density at radius 2 is 1.65 bits per heavy atom. The molecule has 9 nitrogen and oxygen atoms in total. The predicted molar refractivity (Wildman–Crippen MR) is 168 cm³/mol. The highest BCUT2D eigenvalue weighted by Crippen LogP contribution is 2.32. The number of para-hydroxylation sites is 2. The summed E-state index contributed by atoms with van der Waals surface area (Å²) in [4.78, 5) is 48.7. The van der Waals surface area contributed by atoms with E-state index in [1.165, 1.54) is 17.4 Å². The second-order valence-corrected chi connectivity index (χ2v) is 12.3. The Morgan fingerprint density at radius 1 is 0.907 bits per heavy atom. The number of hydrogen-bond donors (Lipinski definition) is 1. The second kappa shape index (κ2) is 13.5. The summed E-state index contributed by atoms with van der Waals surface area (Å²) in [5.41, 5.74) is 1.75. The zero-order chi connectivity index (χ0) is 29.6. The van der Waals surface area contributed by atoms with Crippen LogP contribution in [-0.2, 0) is 22.7 Å². The van der Waals surface area contributed by atoms with Crippen molar-refractivity contribution in [1.82, 2.24) is 19.8 Å². The maximum Gasteiger partial charge on any atom is 0.262 e. The number of furan rings is 1. The van der Waals surface area contributed by atoms with E-state index in [9.17, 15) is 14.4 Å². The molecule has 0 bridgehead atoms. The van der Waals surface area contributed by atoms with E-state index < -0.39 is 0 Å². The Kier molecular flexibility index (Phi) is 9.12. The van der Waals surface area contributed by atoms with Crippen molar-refractivity contribution in [3.63, 3.8) is 0 Å². The van der Waals surface area contributed by atoms with Gasteiger partial charge in [0.05, 0.1) is 29.5 Å². The molecule has 2 aromatic heterocycles. The van der Waals surface area contributed by atoms with Crippen LogP contribution in [0.2, 0.25) is 0 Å². The minimum atomic E-state index is -0.154. The number of aromatic nitrogens is 2. The van der Waals surface area contributed by atoms with Gasteiger partial charge in [-0.25, -0.2) is 4.98 Å². The van der Waals surface area contributed by atoms with Gasteiger partial charge in [0.2, 0.25) is 11.8 Å². The van der Waals surface area contributed by atoms with Crippen LogP contribution in [0.4, 0.5) is 5.69 Å². The largest absolute Gasteiger partial charge is 0.467 e. The summed E-state index contributed by atoms with van der Waals surface area (Å²) in [6, 6.07) is 21.3. The van der Waals surface area contributed by atoms with E-state index in [2.05, 4.69) is 34.5 Å². The molecule has 224 valence electrons. The number of fused-ring (bicyclic) bond motifs is 1. The van der Waals surface area contributed by atoms with E-state index in [1.807, 2.05) is 35.2 Å². The molecular weight excluding hydrogens is 562 g/mol. The molecule has 1 aliphatic heterocycles. The number of hydrogen-bond acceptors (Lipinski definition) is 7. The molecular formula is C33H37N5O4S. The summed E-state index contributed by atoms with van der Waals surface area (Å²) in [6.07, 6.45) is 5.00. The summed E-state index contributed by atoms with van der Waals surface area (Å²) in [6.45, 7) is 4.05. The Labute approximate surface area is 255 Å². The number of nitrogens with one attached hydrogen (secondary N) is 1. The van der Waals surface area contributed by atoms with E-state index in [0.29, 0.717) is 34.9 Å². The minimum absolute atomic E-state index is 0.0395. The van der Waals surface area contributed by atoms with E-state index in [4.69, 9.17) is 9.40 Å². The number of carbonyl (C=O) groups is 2. The Balaban J connectivity index is 1.06. The SMILES string of the molecule is O=C(CSc1nc2ccccc2c(=O)n1CC1CCC(C(=O)N2CCN(c3ccccc3)CC2)CC1)NCc1ccco1. The molecule has 4 aromatic rings. The molecule has 10 heteroatoms. The normalized spacial score (nSPS) is 19.0. The highest BCUT2D eigenvalue weighted by atomic mass is 32.2. The van der Waals surface area contributed by atoms with Crippen molar-refractivity contribution < 1.29 is 14.0 Å². The highest BCUT2D eigenvalue weighted by molar-refractivity contribution is 7.99. The minimum Gasteiger partial charge on any atom is -0.467 e. The van der Waals surface area contributed by atoms with E-state index >= 15 is 0 Å². The maximum atomic E-state index is 13.6. The van der Waals surface area contributed by atoms with Gasteiger partial charge in [-0.2, -0.15) is 0 Å². The van der Waals surface area contributed by atoms with Gasteiger partial charge in [0, 0.05) is 44.3 Å². The number of nitrogens with zero attached hydrogens (tertiary/aromatic N) is 4. The number of anilines is 1. The molecule has 2 aliphatic rings. The van der Waals surface area contributed by atoms with Crippen LogP contribution in [0.25, 0.3) is 10.9 Å². The lowest BCUT2D eigenvalue weighted by atomic mass is 9.81. The van der Waals surface area contributed by atoms with Gasteiger partial charge < -0.3 is 19.5 Å². The lowest BCUT2D eigenvalue weighted by Crippen LogP contribution is -2.50. The molecule has 43 heavy (non-hydrogen) atoms. The van der Waals surface area contributed by atoms with Crippen molar-refractivity contribution in [3.05, 3.63) is 89.1 Å². The Bertz CT molecular complexity index is 1590. The topological polar surface area (TPSA) is 101 Å². The van der Waals surface area contributed by atoms with E-state index in [0.717, 1.165) is 51.9 Å². The van der Waals surface area contributed by atoms with Gasteiger partial charge in [-0.3, -0.25) is 19.0 Å². The van der Waals surface area contributed by atoms with Crippen molar-refractivity contribution in [1.29, 1.82) is 0 Å². The molecule has 2 fully saturated rings. The van der Waals surface area contributed by atoms with Gasteiger partial charge in [-0.1, -0.05) is 42.1 Å². The van der Waals surface area contributed by atoms with Gasteiger partial charge in [0.25, 0.3) is 5.56 Å². The summed E-state index contributed by atoms with van der Waals surface area (Å²) >= 11 is 1.28. The third-order valence-corrected chi connectivity index (χ3v) is 9.52. The zero-order valence-electron chi connectivity index (χ0n) is 24.2. The average molecular weight is 600 g/mol. The zero-order valence-corrected chi connectivity index (χ0v) is 25.0. The van der Waals surface area contributed by atoms with E-state index in [-0.39, 0.29) is 35.0 Å². The van der Waals surface area contributed by atoms with Crippen molar-refractivity contribution in [2.45, 2.75) is 43.9 Å². The maximum absolute atomic E-state index is 13.6. The summed E-state index contributed by atoms with van der Waals surface area (Å²) in [5, 5.41) is 3.98. The van der Waals surface area contributed by atoms with Crippen LogP contribution in [0, 0.1) is 11.8 Å². The summed E-state index contributed by atoms with van der Waals surface area (Å²) in [7, 11) is 0. The number of carbonyl (C=O) groups excluding carboxylic acids is 2. The van der Waals surface area contributed by atoms with Crippen molar-refractivity contribution in [2.75, 3.05) is 36.8 Å². The molecule has 0 radical (unpaired) electrons. The molecule has 2 amide bonds. The van der Waals surface area contributed by atoms with E-state index in [1.54, 1.807) is 23.0 Å². The molecule has 6 rings (SSSR count). The fourth-order valence-corrected chi connectivity index (χ4v) is 6.97. The van der Waals surface area contributed by atoms with Crippen LogP contribution in [0.5, 0.6) is 0 Å². The second-order valence-electron chi connectivity index (χ2n) is 11.3. The third-order valence-electron chi connectivity index (χ3n) is 8.55. The first-order valence-corrected chi connectivity index (χ1v) is 16.0. The number of piperazine rings is 1. The van der Waals surface area contributed by atoms with Gasteiger partial charge in [0.1, 0.15) is 5.76 Å². The standard InChI is InChI=1S/C33H37N5O4S/c39-30(34-21-27-9-6-20-42-27)23-43-33-35-29-11-5-4-10-28(29)32(41)38(33)22-24-12-14-25(15-13-24)31(40)37-18-16-36(17-19-37)26-7-2-1-3-8-26/h1-11,20,24-25H,12-19,21-23H2,(H,34,39). The van der Waals surface area contributed by atoms with Crippen LogP contribution >= 0.6 is 11.8 Å². The first-order valence-electron chi connectivity index (χ1n) is 15.1. The highest BCUT2D eigenvalue weighted by Gasteiger charge is 2.32. The molecule has 1 saturated heterocycles. The fraction of sp³-hybridized carbons (Fsp3) is 0.394. The molecule has 0 atom stereocenters.